The van der Waals surface area contributed by atoms with Crippen LogP contribution in [0.1, 0.15) is 19.4 Å². The average molecular weight is 605 g/mol. The van der Waals surface area contributed by atoms with Crippen molar-refractivity contribution < 1.29 is 38.1 Å². The van der Waals surface area contributed by atoms with Crippen LogP contribution >= 0.6 is 0 Å². The first-order valence-electron chi connectivity index (χ1n) is 14.2. The van der Waals surface area contributed by atoms with Crippen molar-refractivity contribution in [1.29, 1.82) is 0 Å². The maximum atomic E-state index is 13.6. The van der Waals surface area contributed by atoms with Gasteiger partial charge in [0.15, 0.2) is 11.5 Å². The molecule has 4 aromatic carbocycles. The zero-order valence-electron chi connectivity index (χ0n) is 25.0. The minimum atomic E-state index is -1.05. The maximum absolute atomic E-state index is 13.6. The molecular weight excluding hydrogens is 572 g/mol. The highest BCUT2D eigenvalue weighted by Gasteiger charge is 2.28. The van der Waals surface area contributed by atoms with Crippen LogP contribution in [0, 0.1) is 0 Å². The molecule has 0 atom stereocenters. The lowest BCUT2D eigenvalue weighted by Gasteiger charge is -2.18. The lowest BCUT2D eigenvalue weighted by molar-refractivity contribution is -0.142. The number of benzene rings is 4. The molecule has 4 rings (SSSR count). The highest BCUT2D eigenvalue weighted by molar-refractivity contribution is 6.18. The summed E-state index contributed by atoms with van der Waals surface area (Å²) in [5.41, 5.74) is 3.51. The molecule has 228 valence electrons. The molecule has 0 fully saturated rings. The number of hydrogen-bond donors (Lipinski definition) is 0. The first-order valence-corrected chi connectivity index (χ1v) is 14.2. The van der Waals surface area contributed by atoms with Crippen LogP contribution in [0.15, 0.2) is 134 Å². The molecule has 0 saturated carbocycles. The molecule has 4 aromatic rings. The van der Waals surface area contributed by atoms with E-state index in [4.69, 9.17) is 23.7 Å². The van der Waals surface area contributed by atoms with E-state index < -0.39 is 29.6 Å². The van der Waals surface area contributed by atoms with Crippen LogP contribution in [0.25, 0.3) is 27.8 Å². The van der Waals surface area contributed by atoms with Gasteiger partial charge in [0, 0.05) is 11.6 Å². The van der Waals surface area contributed by atoms with Crippen LogP contribution in [0.5, 0.6) is 11.5 Å². The van der Waals surface area contributed by atoms with Crippen LogP contribution < -0.4 is 9.47 Å². The Kier molecular flexibility index (Phi) is 11.1. The van der Waals surface area contributed by atoms with E-state index in [0.29, 0.717) is 16.7 Å². The molecule has 0 amide bonds. The predicted molar refractivity (Wildman–Crippen MR) is 171 cm³/mol. The van der Waals surface area contributed by atoms with E-state index in [1.165, 1.54) is 6.07 Å². The van der Waals surface area contributed by atoms with Crippen molar-refractivity contribution in [3.8, 4) is 33.8 Å². The Labute approximate surface area is 261 Å². The van der Waals surface area contributed by atoms with E-state index in [1.807, 2.05) is 72.8 Å². The zero-order valence-corrected chi connectivity index (χ0v) is 25.0. The summed E-state index contributed by atoms with van der Waals surface area (Å²) in [5, 5.41) is 0. The van der Waals surface area contributed by atoms with Gasteiger partial charge in [-0.2, -0.15) is 0 Å². The molecule has 0 aliphatic heterocycles. The third-order valence-electron chi connectivity index (χ3n) is 6.34. The van der Waals surface area contributed by atoms with E-state index >= 15 is 0 Å². The lowest BCUT2D eigenvalue weighted by Crippen LogP contribution is -2.20. The first kappa shape index (κ1) is 32.0. The van der Waals surface area contributed by atoms with Crippen LogP contribution in [0.3, 0.4) is 0 Å². The summed E-state index contributed by atoms with van der Waals surface area (Å²) in [7, 11) is 0. The summed E-state index contributed by atoms with van der Waals surface area (Å²) in [6.07, 6.45) is 0.916. The Morgan fingerprint density at radius 3 is 1.87 bits per heavy atom. The zero-order chi connectivity index (χ0) is 32.2. The summed E-state index contributed by atoms with van der Waals surface area (Å²) in [6.45, 7) is 10.8. The van der Waals surface area contributed by atoms with E-state index in [-0.39, 0.29) is 30.3 Å². The molecule has 8 nitrogen and oxygen atoms in total. The fraction of sp³-hybridized carbons (Fsp3) is 0.108. The summed E-state index contributed by atoms with van der Waals surface area (Å²) in [6, 6.07) is 30.9. The minimum absolute atomic E-state index is 0.0233. The summed E-state index contributed by atoms with van der Waals surface area (Å²) in [4.78, 5) is 39.2. The van der Waals surface area contributed by atoms with Crippen molar-refractivity contribution in [2.45, 2.75) is 13.8 Å². The Hall–Kier alpha value is -5.89. The SMILES string of the molecule is C=CC(=O)O/C(OCC)=C(\OCC)C(=O)Oc1c(OC(=O)C(=C)c2ccccc2-c2ccccc2)cccc1-c1ccccc1. The molecule has 0 N–H and O–H groups in total. The highest BCUT2D eigenvalue weighted by atomic mass is 16.7. The second-order valence-electron chi connectivity index (χ2n) is 9.28. The van der Waals surface area contributed by atoms with Gasteiger partial charge < -0.3 is 23.7 Å². The van der Waals surface area contributed by atoms with Crippen LogP contribution in [0.4, 0.5) is 0 Å². The molecule has 0 heterocycles. The molecule has 0 saturated heterocycles. The second-order valence-corrected chi connectivity index (χ2v) is 9.28. The number of para-hydroxylation sites is 1. The van der Waals surface area contributed by atoms with Gasteiger partial charge in [-0.25, -0.2) is 14.4 Å². The van der Waals surface area contributed by atoms with Crippen molar-refractivity contribution in [3.63, 3.8) is 0 Å². The van der Waals surface area contributed by atoms with Crippen molar-refractivity contribution in [2.75, 3.05) is 13.2 Å². The van der Waals surface area contributed by atoms with Crippen molar-refractivity contribution in [2.24, 2.45) is 0 Å². The highest BCUT2D eigenvalue weighted by Crippen LogP contribution is 2.40. The number of carbonyl (C=O) groups is 3. The van der Waals surface area contributed by atoms with Crippen molar-refractivity contribution in [3.05, 3.63) is 140 Å². The van der Waals surface area contributed by atoms with Crippen molar-refractivity contribution >= 4 is 23.5 Å². The smallest absolute Gasteiger partial charge is 0.386 e. The van der Waals surface area contributed by atoms with Gasteiger partial charge in [0.1, 0.15) is 0 Å². The van der Waals surface area contributed by atoms with Gasteiger partial charge >= 0.3 is 23.9 Å². The molecule has 0 aliphatic rings. The fourth-order valence-electron chi connectivity index (χ4n) is 4.32. The van der Waals surface area contributed by atoms with E-state index in [0.717, 1.165) is 17.2 Å². The monoisotopic (exact) mass is 604 g/mol. The number of ether oxygens (including phenoxy) is 5. The molecule has 0 aromatic heterocycles. The molecule has 0 radical (unpaired) electrons. The van der Waals surface area contributed by atoms with Gasteiger partial charge in [-0.1, -0.05) is 110 Å². The maximum Gasteiger partial charge on any atom is 0.386 e. The van der Waals surface area contributed by atoms with Gasteiger partial charge in [-0.3, -0.25) is 0 Å². The van der Waals surface area contributed by atoms with Gasteiger partial charge in [0.25, 0.3) is 5.76 Å². The van der Waals surface area contributed by atoms with Gasteiger partial charge in [0.2, 0.25) is 0 Å². The molecule has 0 aliphatic carbocycles. The van der Waals surface area contributed by atoms with Gasteiger partial charge in [-0.05, 0) is 42.2 Å². The van der Waals surface area contributed by atoms with E-state index in [1.54, 1.807) is 38.1 Å². The van der Waals surface area contributed by atoms with E-state index in [9.17, 15) is 14.4 Å². The summed E-state index contributed by atoms with van der Waals surface area (Å²) in [5.74, 6) is -3.77. The molecule has 0 unspecified atom stereocenters. The normalized spacial score (nSPS) is 11.0. The Bertz CT molecular complexity index is 1720. The number of esters is 3. The van der Waals surface area contributed by atoms with Crippen LogP contribution in [-0.2, 0) is 28.6 Å². The largest absolute Gasteiger partial charge is 0.482 e. The quantitative estimate of drug-likeness (QED) is 0.0669. The van der Waals surface area contributed by atoms with Gasteiger partial charge in [0.05, 0.1) is 18.8 Å². The Morgan fingerprint density at radius 1 is 0.667 bits per heavy atom. The Balaban J connectivity index is 1.75. The predicted octanol–water partition coefficient (Wildman–Crippen LogP) is 7.52. The molecular formula is C37H32O8. The van der Waals surface area contributed by atoms with Gasteiger partial charge in [-0.15, -0.1) is 0 Å². The third kappa shape index (κ3) is 7.94. The minimum Gasteiger partial charge on any atom is -0.482 e. The number of rotatable bonds is 13. The third-order valence-corrected chi connectivity index (χ3v) is 6.34. The number of carbonyl (C=O) groups excluding carboxylic acids is 3. The molecule has 0 bridgehead atoms. The fourth-order valence-corrected chi connectivity index (χ4v) is 4.32. The first-order chi connectivity index (χ1) is 21.9. The topological polar surface area (TPSA) is 97.4 Å². The number of hydrogen-bond acceptors (Lipinski definition) is 8. The molecule has 0 spiro atoms. The summed E-state index contributed by atoms with van der Waals surface area (Å²) >= 11 is 0. The molecule has 8 heteroatoms. The lowest BCUT2D eigenvalue weighted by atomic mass is 9.95. The van der Waals surface area contributed by atoms with Crippen LogP contribution in [0.2, 0.25) is 0 Å². The molecule has 45 heavy (non-hydrogen) atoms. The standard InChI is InChI=1S/C37H32O8/c1-5-32(38)44-37(42-7-3)34(41-6-2)36(40)45-33-30(27-19-12-9-13-20-27)23-16-24-31(33)43-35(39)25(4)28-21-14-15-22-29(28)26-17-10-8-11-18-26/h5,8-24H,1,4,6-7H2,2-3H3/b37-34-. The summed E-state index contributed by atoms with van der Waals surface area (Å²) < 4.78 is 27.7. The second kappa shape index (κ2) is 15.5. The van der Waals surface area contributed by atoms with Crippen molar-refractivity contribution in [1.82, 2.24) is 0 Å². The van der Waals surface area contributed by atoms with Crippen LogP contribution in [-0.4, -0.2) is 31.1 Å². The average Bonchev–Trinajstić information content (AvgIpc) is 3.08. The Morgan fingerprint density at radius 2 is 1.24 bits per heavy atom. The van der Waals surface area contributed by atoms with E-state index in [2.05, 4.69) is 13.2 Å².